The van der Waals surface area contributed by atoms with E-state index in [1.54, 1.807) is 14.2 Å². The summed E-state index contributed by atoms with van der Waals surface area (Å²) in [5.74, 6) is 0.261. The third-order valence-corrected chi connectivity index (χ3v) is 3.50. The molecule has 0 aliphatic rings. The summed E-state index contributed by atoms with van der Waals surface area (Å²) in [7, 11) is 3.21. The SMILES string of the molecule is COCC(CNC(=O)C(Br)C(C)C)OC. The van der Waals surface area contributed by atoms with Gasteiger partial charge in [-0.25, -0.2) is 0 Å². The fourth-order valence-corrected chi connectivity index (χ4v) is 1.17. The summed E-state index contributed by atoms with van der Waals surface area (Å²) in [6, 6.07) is 0. The van der Waals surface area contributed by atoms with Gasteiger partial charge in [-0.15, -0.1) is 0 Å². The van der Waals surface area contributed by atoms with Crippen molar-refractivity contribution in [2.45, 2.75) is 24.8 Å². The average Bonchev–Trinajstić information content (AvgIpc) is 2.22. The quantitative estimate of drug-likeness (QED) is 0.713. The van der Waals surface area contributed by atoms with Crippen molar-refractivity contribution in [3.8, 4) is 0 Å². The number of halogens is 1. The van der Waals surface area contributed by atoms with Gasteiger partial charge >= 0.3 is 0 Å². The highest BCUT2D eigenvalue weighted by Gasteiger charge is 2.19. The first-order valence-electron chi connectivity index (χ1n) is 4.96. The lowest BCUT2D eigenvalue weighted by molar-refractivity contribution is -0.121. The number of carbonyl (C=O) groups is 1. The van der Waals surface area contributed by atoms with Crippen LogP contribution in [-0.4, -0.2) is 44.2 Å². The lowest BCUT2D eigenvalue weighted by Crippen LogP contribution is -2.40. The molecule has 0 aromatic rings. The number of hydrogen-bond acceptors (Lipinski definition) is 3. The summed E-state index contributed by atoms with van der Waals surface area (Å²) >= 11 is 3.33. The summed E-state index contributed by atoms with van der Waals surface area (Å²) in [4.78, 5) is 11.4. The van der Waals surface area contributed by atoms with Crippen LogP contribution in [0.15, 0.2) is 0 Å². The second kappa shape index (κ2) is 8.07. The number of hydrogen-bond donors (Lipinski definition) is 1. The van der Waals surface area contributed by atoms with Gasteiger partial charge < -0.3 is 14.8 Å². The summed E-state index contributed by atoms with van der Waals surface area (Å²) in [5.41, 5.74) is 0. The highest BCUT2D eigenvalue weighted by Crippen LogP contribution is 2.11. The highest BCUT2D eigenvalue weighted by atomic mass is 79.9. The smallest absolute Gasteiger partial charge is 0.234 e. The molecule has 0 aliphatic carbocycles. The first-order chi connectivity index (χ1) is 7.02. The summed E-state index contributed by atoms with van der Waals surface area (Å²) < 4.78 is 10.1. The van der Waals surface area contributed by atoms with Crippen LogP contribution in [0.3, 0.4) is 0 Å². The molecule has 0 aromatic heterocycles. The van der Waals surface area contributed by atoms with Crippen LogP contribution in [-0.2, 0) is 14.3 Å². The fraction of sp³-hybridized carbons (Fsp3) is 0.900. The van der Waals surface area contributed by atoms with E-state index in [4.69, 9.17) is 9.47 Å². The first-order valence-corrected chi connectivity index (χ1v) is 5.88. The Kier molecular flexibility index (Phi) is 8.00. The van der Waals surface area contributed by atoms with Crippen LogP contribution in [0.5, 0.6) is 0 Å². The van der Waals surface area contributed by atoms with Crippen LogP contribution in [0, 0.1) is 5.92 Å². The van der Waals surface area contributed by atoms with E-state index >= 15 is 0 Å². The molecule has 90 valence electrons. The number of amides is 1. The highest BCUT2D eigenvalue weighted by molar-refractivity contribution is 9.10. The maximum absolute atomic E-state index is 11.6. The molecule has 0 rings (SSSR count). The van der Waals surface area contributed by atoms with Gasteiger partial charge in [0.05, 0.1) is 17.5 Å². The molecule has 5 heteroatoms. The molecular formula is C10H20BrNO3. The molecular weight excluding hydrogens is 262 g/mol. The first kappa shape index (κ1) is 14.9. The van der Waals surface area contributed by atoms with Crippen LogP contribution in [0.2, 0.25) is 0 Å². The van der Waals surface area contributed by atoms with Gasteiger partial charge in [-0.2, -0.15) is 0 Å². The predicted molar refractivity (Wildman–Crippen MR) is 63.2 cm³/mol. The van der Waals surface area contributed by atoms with E-state index in [1.807, 2.05) is 13.8 Å². The summed E-state index contributed by atoms with van der Waals surface area (Å²) in [6.45, 7) is 4.92. The van der Waals surface area contributed by atoms with Gasteiger partial charge in [0.15, 0.2) is 0 Å². The molecule has 0 heterocycles. The zero-order valence-corrected chi connectivity index (χ0v) is 11.3. The maximum Gasteiger partial charge on any atom is 0.234 e. The standard InChI is InChI=1S/C10H20BrNO3/c1-7(2)9(11)10(13)12-5-8(15-4)6-14-3/h7-9H,5-6H2,1-4H3,(H,12,13). The molecule has 1 N–H and O–H groups in total. The van der Waals surface area contributed by atoms with E-state index in [0.29, 0.717) is 13.2 Å². The molecule has 2 atom stereocenters. The van der Waals surface area contributed by atoms with Gasteiger partial charge in [0.1, 0.15) is 0 Å². The van der Waals surface area contributed by atoms with Crippen LogP contribution >= 0.6 is 15.9 Å². The van der Waals surface area contributed by atoms with Crippen molar-refractivity contribution < 1.29 is 14.3 Å². The Bertz CT molecular complexity index is 188. The van der Waals surface area contributed by atoms with Gasteiger partial charge in [0.2, 0.25) is 5.91 Å². The molecule has 0 radical (unpaired) electrons. The number of nitrogens with one attached hydrogen (secondary N) is 1. The molecule has 0 aliphatic heterocycles. The predicted octanol–water partition coefficient (Wildman–Crippen LogP) is 1.18. The van der Waals surface area contributed by atoms with E-state index in [9.17, 15) is 4.79 Å². The molecule has 2 unspecified atom stereocenters. The number of methoxy groups -OCH3 is 2. The molecule has 4 nitrogen and oxygen atoms in total. The van der Waals surface area contributed by atoms with Crippen LogP contribution in [0.1, 0.15) is 13.8 Å². The minimum absolute atomic E-state index is 0.0110. The van der Waals surface area contributed by atoms with Gasteiger partial charge in [0, 0.05) is 20.8 Å². The molecule has 0 saturated carbocycles. The largest absolute Gasteiger partial charge is 0.382 e. The second-order valence-electron chi connectivity index (χ2n) is 3.70. The minimum atomic E-state index is -0.155. The Morgan fingerprint density at radius 2 is 2.00 bits per heavy atom. The fourth-order valence-electron chi connectivity index (χ4n) is 1.01. The van der Waals surface area contributed by atoms with Crippen molar-refractivity contribution >= 4 is 21.8 Å². The monoisotopic (exact) mass is 281 g/mol. The van der Waals surface area contributed by atoms with Crippen LogP contribution < -0.4 is 5.32 Å². The zero-order valence-electron chi connectivity index (χ0n) is 9.75. The normalized spacial score (nSPS) is 15.1. The number of carbonyl (C=O) groups excluding carboxylic acids is 1. The van der Waals surface area contributed by atoms with Crippen molar-refractivity contribution in [2.75, 3.05) is 27.4 Å². The molecule has 15 heavy (non-hydrogen) atoms. The molecule has 0 bridgehead atoms. The van der Waals surface area contributed by atoms with E-state index in [-0.39, 0.29) is 22.8 Å². The van der Waals surface area contributed by atoms with Gasteiger partial charge in [-0.05, 0) is 5.92 Å². The van der Waals surface area contributed by atoms with E-state index in [1.165, 1.54) is 0 Å². The van der Waals surface area contributed by atoms with Crippen molar-refractivity contribution in [1.82, 2.24) is 5.32 Å². The Morgan fingerprint density at radius 1 is 1.40 bits per heavy atom. The van der Waals surface area contributed by atoms with Crippen molar-refractivity contribution in [2.24, 2.45) is 5.92 Å². The van der Waals surface area contributed by atoms with E-state index in [2.05, 4.69) is 21.2 Å². The third kappa shape index (κ3) is 6.12. The van der Waals surface area contributed by atoms with Gasteiger partial charge in [0.25, 0.3) is 0 Å². The Labute approximate surface area is 99.8 Å². The maximum atomic E-state index is 11.6. The number of ether oxygens (including phenoxy) is 2. The van der Waals surface area contributed by atoms with E-state index in [0.717, 1.165) is 0 Å². The average molecular weight is 282 g/mol. The number of alkyl halides is 1. The van der Waals surface area contributed by atoms with E-state index < -0.39 is 0 Å². The molecule has 0 saturated heterocycles. The Hall–Kier alpha value is -0.130. The lowest BCUT2D eigenvalue weighted by atomic mass is 10.1. The summed E-state index contributed by atoms with van der Waals surface area (Å²) in [6.07, 6.45) is -0.0918. The molecule has 0 aromatic carbocycles. The number of rotatable bonds is 7. The Balaban J connectivity index is 3.87. The van der Waals surface area contributed by atoms with Crippen molar-refractivity contribution in [3.63, 3.8) is 0 Å². The van der Waals surface area contributed by atoms with Crippen molar-refractivity contribution in [1.29, 1.82) is 0 Å². The summed E-state index contributed by atoms with van der Waals surface area (Å²) in [5, 5.41) is 2.81. The second-order valence-corrected chi connectivity index (χ2v) is 4.69. The van der Waals surface area contributed by atoms with Crippen molar-refractivity contribution in [3.05, 3.63) is 0 Å². The molecule has 0 spiro atoms. The molecule has 0 fully saturated rings. The lowest BCUT2D eigenvalue weighted by Gasteiger charge is -2.18. The topological polar surface area (TPSA) is 47.6 Å². The molecule has 1 amide bonds. The van der Waals surface area contributed by atoms with Crippen LogP contribution in [0.25, 0.3) is 0 Å². The van der Waals surface area contributed by atoms with Gasteiger partial charge in [-0.1, -0.05) is 29.8 Å². The zero-order chi connectivity index (χ0) is 11.8. The minimum Gasteiger partial charge on any atom is -0.382 e. The Morgan fingerprint density at radius 3 is 2.40 bits per heavy atom. The van der Waals surface area contributed by atoms with Crippen LogP contribution in [0.4, 0.5) is 0 Å². The third-order valence-electron chi connectivity index (χ3n) is 2.03. The van der Waals surface area contributed by atoms with Gasteiger partial charge in [-0.3, -0.25) is 4.79 Å².